The lowest BCUT2D eigenvalue weighted by Crippen LogP contribution is -2.36. The number of fused-ring (bicyclic) bond motifs is 1. The van der Waals surface area contributed by atoms with Crippen LogP contribution in [0.4, 0.5) is 5.82 Å². The molecule has 40 heavy (non-hydrogen) atoms. The van der Waals surface area contributed by atoms with Crippen molar-refractivity contribution in [1.29, 1.82) is 0 Å². The number of nitrogens with one attached hydrogen (secondary N) is 1. The Bertz CT molecular complexity index is 1510. The van der Waals surface area contributed by atoms with Crippen molar-refractivity contribution in [3.8, 4) is 11.3 Å². The molecule has 1 saturated carbocycles. The van der Waals surface area contributed by atoms with E-state index in [1.54, 1.807) is 14.0 Å². The van der Waals surface area contributed by atoms with Gasteiger partial charge in [-0.15, -0.1) is 0 Å². The highest BCUT2D eigenvalue weighted by Gasteiger charge is 2.36. The molecule has 1 fully saturated rings. The summed E-state index contributed by atoms with van der Waals surface area (Å²) in [5.74, 6) is -0.600. The van der Waals surface area contributed by atoms with Crippen LogP contribution in [0.2, 0.25) is 0 Å². The normalized spacial score (nSPS) is 15.1. The number of carbonyl (C=O) groups excluding carboxylic acids is 1. The van der Waals surface area contributed by atoms with Crippen LogP contribution in [0, 0.1) is 5.41 Å². The molecule has 1 amide bonds. The van der Waals surface area contributed by atoms with E-state index in [2.05, 4.69) is 12.2 Å². The summed E-state index contributed by atoms with van der Waals surface area (Å²) in [6.07, 6.45) is 4.22. The molecule has 216 valence electrons. The standard InChI is InChI=1S/C29H37N3O7S/c1-6-18-8-10-20(11-9-18)24-23(26(33)30-3)22-16-21(19-12-13-19)25(31-27(22)39-24)32(40(5,36)37)15-7-14-29(2,17-38-4)28(34)35/h8-11,16,19H,6-7,12-15,17H2,1-5H3,(H,30,33)(H,34,35)/t29-/m1/s1. The molecule has 10 nitrogen and oxygen atoms in total. The van der Waals surface area contributed by atoms with Gasteiger partial charge in [-0.3, -0.25) is 13.9 Å². The molecule has 11 heteroatoms. The van der Waals surface area contributed by atoms with Gasteiger partial charge < -0.3 is 19.6 Å². The van der Waals surface area contributed by atoms with E-state index in [1.165, 1.54) is 11.4 Å². The summed E-state index contributed by atoms with van der Waals surface area (Å²) in [5.41, 5.74) is 1.96. The molecule has 0 radical (unpaired) electrons. The number of anilines is 1. The van der Waals surface area contributed by atoms with Crippen LogP contribution >= 0.6 is 0 Å². The van der Waals surface area contributed by atoms with Gasteiger partial charge in [0.25, 0.3) is 5.91 Å². The predicted octanol–water partition coefficient (Wildman–Crippen LogP) is 4.58. The molecule has 0 aliphatic heterocycles. The second kappa shape index (κ2) is 11.6. The summed E-state index contributed by atoms with van der Waals surface area (Å²) in [6.45, 7) is 3.69. The van der Waals surface area contributed by atoms with E-state index in [9.17, 15) is 23.1 Å². The number of carboxylic acid groups (broad SMARTS) is 1. The molecule has 0 bridgehead atoms. The SMILES string of the molecule is CCc1ccc(-c2oc3nc(N(CCC[C@](C)(COC)C(=O)O)S(C)(=O)=O)c(C4CC4)cc3c2C(=O)NC)cc1. The summed E-state index contributed by atoms with van der Waals surface area (Å²) in [6, 6.07) is 9.58. The highest BCUT2D eigenvalue weighted by Crippen LogP contribution is 2.47. The van der Waals surface area contributed by atoms with Gasteiger partial charge in [0.2, 0.25) is 15.7 Å². The largest absolute Gasteiger partial charge is 0.481 e. The Morgan fingerprint density at radius 3 is 2.45 bits per heavy atom. The van der Waals surface area contributed by atoms with Crippen LogP contribution < -0.4 is 9.62 Å². The number of ether oxygens (including phenoxy) is 1. The van der Waals surface area contributed by atoms with Gasteiger partial charge in [-0.1, -0.05) is 31.2 Å². The maximum absolute atomic E-state index is 13.1. The van der Waals surface area contributed by atoms with Crippen LogP contribution in [0.3, 0.4) is 0 Å². The fraction of sp³-hybridized carbons (Fsp3) is 0.483. The molecule has 2 heterocycles. The monoisotopic (exact) mass is 571 g/mol. The lowest BCUT2D eigenvalue weighted by atomic mass is 9.86. The van der Waals surface area contributed by atoms with Gasteiger partial charge in [0.15, 0.2) is 0 Å². The van der Waals surface area contributed by atoms with Crippen molar-refractivity contribution in [2.24, 2.45) is 5.41 Å². The number of hydrogen-bond donors (Lipinski definition) is 2. The van der Waals surface area contributed by atoms with Gasteiger partial charge in [-0.05, 0) is 62.1 Å². The fourth-order valence-electron chi connectivity index (χ4n) is 4.97. The number of rotatable bonds is 13. The highest BCUT2D eigenvalue weighted by molar-refractivity contribution is 7.92. The molecule has 4 rings (SSSR count). The van der Waals surface area contributed by atoms with E-state index in [0.717, 1.165) is 42.2 Å². The average Bonchev–Trinajstić information content (AvgIpc) is 3.69. The zero-order chi connectivity index (χ0) is 29.2. The molecule has 2 N–H and O–H groups in total. The third kappa shape index (κ3) is 6.00. The number of pyridine rings is 1. The average molecular weight is 572 g/mol. The summed E-state index contributed by atoms with van der Waals surface area (Å²) in [7, 11) is -0.790. The summed E-state index contributed by atoms with van der Waals surface area (Å²) >= 11 is 0. The van der Waals surface area contributed by atoms with Crippen molar-refractivity contribution in [2.75, 3.05) is 37.9 Å². The van der Waals surface area contributed by atoms with Gasteiger partial charge >= 0.3 is 5.97 Å². The van der Waals surface area contributed by atoms with Gasteiger partial charge in [0.05, 0.1) is 29.2 Å². The molecule has 1 atom stereocenters. The van der Waals surface area contributed by atoms with Crippen molar-refractivity contribution in [2.45, 2.75) is 51.9 Å². The predicted molar refractivity (Wildman–Crippen MR) is 153 cm³/mol. The van der Waals surface area contributed by atoms with Gasteiger partial charge in [0, 0.05) is 26.3 Å². The van der Waals surface area contributed by atoms with E-state index in [-0.39, 0.29) is 49.3 Å². The number of furan rings is 1. The van der Waals surface area contributed by atoms with Crippen molar-refractivity contribution < 1.29 is 32.3 Å². The summed E-state index contributed by atoms with van der Waals surface area (Å²) in [5, 5.41) is 12.9. The quantitative estimate of drug-likeness (QED) is 0.304. The number of carbonyl (C=O) groups is 2. The van der Waals surface area contributed by atoms with Crippen LogP contribution in [0.15, 0.2) is 34.7 Å². The van der Waals surface area contributed by atoms with Crippen molar-refractivity contribution >= 4 is 38.8 Å². The number of aryl methyl sites for hydroxylation is 1. The molecular weight excluding hydrogens is 534 g/mol. The maximum atomic E-state index is 13.1. The molecule has 1 aromatic carbocycles. The van der Waals surface area contributed by atoms with Gasteiger partial charge in [-0.2, -0.15) is 4.98 Å². The van der Waals surface area contributed by atoms with Crippen LogP contribution in [0.25, 0.3) is 22.4 Å². The van der Waals surface area contributed by atoms with Crippen LogP contribution in [0.1, 0.15) is 66.9 Å². The molecular formula is C29H37N3O7S. The van der Waals surface area contributed by atoms with Crippen LogP contribution in [-0.2, 0) is 26.0 Å². The third-order valence-electron chi connectivity index (χ3n) is 7.49. The second-order valence-electron chi connectivity index (χ2n) is 10.7. The minimum Gasteiger partial charge on any atom is -0.481 e. The van der Waals surface area contributed by atoms with E-state index in [4.69, 9.17) is 14.1 Å². The molecule has 0 unspecified atom stereocenters. The summed E-state index contributed by atoms with van der Waals surface area (Å²) < 4.78 is 38.6. The maximum Gasteiger partial charge on any atom is 0.311 e. The van der Waals surface area contributed by atoms with Crippen molar-refractivity contribution in [3.63, 3.8) is 0 Å². The lowest BCUT2D eigenvalue weighted by Gasteiger charge is -2.27. The minimum atomic E-state index is -3.78. The minimum absolute atomic E-state index is 0.00934. The first-order chi connectivity index (χ1) is 18.9. The Kier molecular flexibility index (Phi) is 8.55. The van der Waals surface area contributed by atoms with Crippen molar-refractivity contribution in [1.82, 2.24) is 10.3 Å². The molecule has 1 aliphatic carbocycles. The Morgan fingerprint density at radius 2 is 1.93 bits per heavy atom. The first kappa shape index (κ1) is 29.5. The van der Waals surface area contributed by atoms with E-state index < -0.39 is 21.4 Å². The van der Waals surface area contributed by atoms with Crippen molar-refractivity contribution in [3.05, 3.63) is 47.0 Å². The number of methoxy groups -OCH3 is 1. The smallest absolute Gasteiger partial charge is 0.311 e. The number of carboxylic acids is 1. The van der Waals surface area contributed by atoms with Crippen LogP contribution in [-0.4, -0.2) is 63.9 Å². The zero-order valence-electron chi connectivity index (χ0n) is 23.6. The Balaban J connectivity index is 1.81. The van der Waals surface area contributed by atoms with Gasteiger partial charge in [-0.25, -0.2) is 8.42 Å². The molecule has 1 aliphatic rings. The first-order valence-electron chi connectivity index (χ1n) is 13.4. The Labute approximate surface area is 234 Å². The fourth-order valence-corrected chi connectivity index (χ4v) is 5.89. The van der Waals surface area contributed by atoms with E-state index in [1.807, 2.05) is 30.3 Å². The van der Waals surface area contributed by atoms with Gasteiger partial charge in [0.1, 0.15) is 11.6 Å². The lowest BCUT2D eigenvalue weighted by molar-refractivity contribution is -0.151. The topological polar surface area (TPSA) is 139 Å². The molecule has 0 saturated heterocycles. The van der Waals surface area contributed by atoms with E-state index >= 15 is 0 Å². The number of nitrogens with zero attached hydrogens (tertiary/aromatic N) is 2. The second-order valence-corrected chi connectivity index (χ2v) is 12.6. The van der Waals surface area contributed by atoms with E-state index in [0.29, 0.717) is 16.7 Å². The molecule has 2 aromatic heterocycles. The zero-order valence-corrected chi connectivity index (χ0v) is 24.4. The Hall–Kier alpha value is -3.44. The third-order valence-corrected chi connectivity index (χ3v) is 8.65. The first-order valence-corrected chi connectivity index (χ1v) is 15.3. The highest BCUT2D eigenvalue weighted by atomic mass is 32.2. The Morgan fingerprint density at radius 1 is 1.25 bits per heavy atom. The molecule has 0 spiro atoms. The number of aromatic nitrogens is 1. The summed E-state index contributed by atoms with van der Waals surface area (Å²) in [4.78, 5) is 29.6. The number of amides is 1. The number of aliphatic carboxylic acids is 1. The molecule has 3 aromatic rings. The number of sulfonamides is 1. The van der Waals surface area contributed by atoms with Crippen LogP contribution in [0.5, 0.6) is 0 Å². The number of hydrogen-bond acceptors (Lipinski definition) is 7. The number of benzene rings is 1.